The largest absolute Gasteiger partial charge is 0.368 e. The molecule has 1 aliphatic rings. The molecule has 2 aromatic carbocycles. The summed E-state index contributed by atoms with van der Waals surface area (Å²) in [5, 5.41) is -0.0479. The van der Waals surface area contributed by atoms with Crippen LogP contribution in [-0.4, -0.2) is 42.2 Å². The smallest absolute Gasteiger partial charge is 0.235 e. The van der Waals surface area contributed by atoms with Gasteiger partial charge >= 0.3 is 0 Å². The molecule has 1 heterocycles. The third-order valence-electron chi connectivity index (χ3n) is 4.64. The lowest BCUT2D eigenvalue weighted by atomic mass is 10.2. The number of rotatable bonds is 4. The SMILES string of the molecule is Cc1ccc(S[C@@H](C)C(=O)N2CCN(c3cccc(C)c3)CC2)cc1. The van der Waals surface area contributed by atoms with Gasteiger partial charge in [-0.3, -0.25) is 4.79 Å². The summed E-state index contributed by atoms with van der Waals surface area (Å²) in [6.45, 7) is 9.61. The minimum absolute atomic E-state index is 0.0479. The first kappa shape index (κ1) is 17.9. The van der Waals surface area contributed by atoms with Crippen molar-refractivity contribution in [2.24, 2.45) is 0 Å². The summed E-state index contributed by atoms with van der Waals surface area (Å²) in [6, 6.07) is 17.0. The Kier molecular flexibility index (Phi) is 5.69. The molecule has 0 radical (unpaired) electrons. The Balaban J connectivity index is 1.54. The molecule has 0 aliphatic carbocycles. The second-order valence-electron chi connectivity index (χ2n) is 6.72. The normalized spacial score (nSPS) is 16.0. The van der Waals surface area contributed by atoms with Crippen LogP contribution in [0.3, 0.4) is 0 Å². The fourth-order valence-corrected chi connectivity index (χ4v) is 4.09. The van der Waals surface area contributed by atoms with Gasteiger partial charge in [0.2, 0.25) is 5.91 Å². The van der Waals surface area contributed by atoms with E-state index in [1.54, 1.807) is 11.8 Å². The van der Waals surface area contributed by atoms with Gasteiger partial charge in [0.15, 0.2) is 0 Å². The van der Waals surface area contributed by atoms with E-state index < -0.39 is 0 Å². The van der Waals surface area contributed by atoms with E-state index in [-0.39, 0.29) is 11.2 Å². The van der Waals surface area contributed by atoms with Gasteiger partial charge in [-0.2, -0.15) is 0 Å². The summed E-state index contributed by atoms with van der Waals surface area (Å²) < 4.78 is 0. The number of carbonyl (C=O) groups is 1. The van der Waals surface area contributed by atoms with E-state index >= 15 is 0 Å². The molecule has 1 atom stereocenters. The van der Waals surface area contributed by atoms with Gasteiger partial charge in [-0.25, -0.2) is 0 Å². The van der Waals surface area contributed by atoms with Crippen LogP contribution in [0.1, 0.15) is 18.1 Å². The third kappa shape index (κ3) is 4.57. The van der Waals surface area contributed by atoms with Crippen molar-refractivity contribution in [3.8, 4) is 0 Å². The molecular formula is C21H26N2OS. The molecule has 3 nitrogen and oxygen atoms in total. The highest BCUT2D eigenvalue weighted by Crippen LogP contribution is 2.25. The van der Waals surface area contributed by atoms with Crippen molar-refractivity contribution in [2.45, 2.75) is 30.9 Å². The number of hydrogen-bond donors (Lipinski definition) is 0. The topological polar surface area (TPSA) is 23.6 Å². The summed E-state index contributed by atoms with van der Waals surface area (Å²) in [7, 11) is 0. The van der Waals surface area contributed by atoms with Gasteiger partial charge < -0.3 is 9.80 Å². The highest BCUT2D eigenvalue weighted by Gasteiger charge is 2.25. The molecule has 0 saturated carbocycles. The van der Waals surface area contributed by atoms with E-state index in [4.69, 9.17) is 0 Å². The number of anilines is 1. The van der Waals surface area contributed by atoms with Crippen molar-refractivity contribution in [3.63, 3.8) is 0 Å². The number of piperazine rings is 1. The van der Waals surface area contributed by atoms with Crippen molar-refractivity contribution in [3.05, 3.63) is 59.7 Å². The molecule has 3 rings (SSSR count). The zero-order valence-corrected chi connectivity index (χ0v) is 16.1. The van der Waals surface area contributed by atoms with Crippen LogP contribution in [0.25, 0.3) is 0 Å². The number of hydrogen-bond acceptors (Lipinski definition) is 3. The van der Waals surface area contributed by atoms with E-state index in [2.05, 4.69) is 67.3 Å². The monoisotopic (exact) mass is 354 g/mol. The van der Waals surface area contributed by atoms with Crippen LogP contribution < -0.4 is 4.90 Å². The molecule has 0 unspecified atom stereocenters. The maximum Gasteiger partial charge on any atom is 0.235 e. The standard InChI is InChI=1S/C21H26N2OS/c1-16-7-9-20(10-8-16)25-18(3)21(24)23-13-11-22(12-14-23)19-6-4-5-17(2)15-19/h4-10,15,18H,11-14H2,1-3H3/t18-/m0/s1. The van der Waals surface area contributed by atoms with E-state index in [0.29, 0.717) is 0 Å². The van der Waals surface area contributed by atoms with Crippen LogP contribution in [0.2, 0.25) is 0 Å². The number of benzene rings is 2. The van der Waals surface area contributed by atoms with Crippen molar-refractivity contribution >= 4 is 23.4 Å². The van der Waals surface area contributed by atoms with Gasteiger partial charge in [-0.1, -0.05) is 29.8 Å². The predicted octanol–water partition coefficient (Wildman–Crippen LogP) is 4.13. The minimum atomic E-state index is -0.0479. The zero-order valence-electron chi connectivity index (χ0n) is 15.2. The first-order chi connectivity index (χ1) is 12.0. The molecular weight excluding hydrogens is 328 g/mol. The number of nitrogens with zero attached hydrogens (tertiary/aromatic N) is 2. The van der Waals surface area contributed by atoms with E-state index in [9.17, 15) is 4.79 Å². The Morgan fingerprint density at radius 2 is 1.64 bits per heavy atom. The molecule has 4 heteroatoms. The lowest BCUT2D eigenvalue weighted by molar-refractivity contribution is -0.130. The molecule has 0 spiro atoms. The summed E-state index contributed by atoms with van der Waals surface area (Å²) in [5.74, 6) is 0.245. The van der Waals surface area contributed by atoms with Crippen LogP contribution >= 0.6 is 11.8 Å². The van der Waals surface area contributed by atoms with Crippen molar-refractivity contribution < 1.29 is 4.79 Å². The summed E-state index contributed by atoms with van der Waals surface area (Å²) in [4.78, 5) is 18.3. The highest BCUT2D eigenvalue weighted by molar-refractivity contribution is 8.00. The quantitative estimate of drug-likeness (QED) is 0.771. The van der Waals surface area contributed by atoms with Crippen LogP contribution in [0, 0.1) is 13.8 Å². The van der Waals surface area contributed by atoms with E-state index in [1.165, 1.54) is 16.8 Å². The second-order valence-corrected chi connectivity index (χ2v) is 8.14. The Morgan fingerprint density at radius 1 is 0.960 bits per heavy atom. The molecule has 0 aromatic heterocycles. The second kappa shape index (κ2) is 7.96. The average Bonchev–Trinajstić information content (AvgIpc) is 2.63. The molecule has 0 bridgehead atoms. The van der Waals surface area contributed by atoms with Gasteiger partial charge in [0.05, 0.1) is 5.25 Å². The zero-order chi connectivity index (χ0) is 17.8. The Morgan fingerprint density at radius 3 is 2.28 bits per heavy atom. The molecule has 0 N–H and O–H groups in total. The summed E-state index contributed by atoms with van der Waals surface area (Å²) in [5.41, 5.74) is 3.78. The number of aryl methyl sites for hydroxylation is 2. The Bertz CT molecular complexity index is 721. The van der Waals surface area contributed by atoms with Gasteiger partial charge in [-0.15, -0.1) is 11.8 Å². The van der Waals surface area contributed by atoms with Crippen molar-refractivity contribution in [1.82, 2.24) is 4.90 Å². The van der Waals surface area contributed by atoms with E-state index in [1.807, 2.05) is 11.8 Å². The lowest BCUT2D eigenvalue weighted by Crippen LogP contribution is -2.50. The van der Waals surface area contributed by atoms with Crippen LogP contribution in [0.5, 0.6) is 0 Å². The Hall–Kier alpha value is -1.94. The molecule has 1 saturated heterocycles. The molecule has 2 aromatic rings. The van der Waals surface area contributed by atoms with Crippen LogP contribution in [0.15, 0.2) is 53.4 Å². The third-order valence-corrected chi connectivity index (χ3v) is 5.74. The molecule has 132 valence electrons. The number of thioether (sulfide) groups is 1. The van der Waals surface area contributed by atoms with Gasteiger partial charge in [0, 0.05) is 36.8 Å². The predicted molar refractivity (Wildman–Crippen MR) is 106 cm³/mol. The van der Waals surface area contributed by atoms with Crippen LogP contribution in [0.4, 0.5) is 5.69 Å². The van der Waals surface area contributed by atoms with Crippen LogP contribution in [-0.2, 0) is 4.79 Å². The van der Waals surface area contributed by atoms with Crippen molar-refractivity contribution in [1.29, 1.82) is 0 Å². The van der Waals surface area contributed by atoms with Gasteiger partial charge in [-0.05, 0) is 50.6 Å². The molecule has 1 fully saturated rings. The maximum absolute atomic E-state index is 12.8. The van der Waals surface area contributed by atoms with Crippen molar-refractivity contribution in [2.75, 3.05) is 31.1 Å². The number of amides is 1. The fraction of sp³-hybridized carbons (Fsp3) is 0.381. The first-order valence-corrected chi connectivity index (χ1v) is 9.74. The molecule has 1 aliphatic heterocycles. The summed E-state index contributed by atoms with van der Waals surface area (Å²) in [6.07, 6.45) is 0. The number of carbonyl (C=O) groups excluding carboxylic acids is 1. The Labute approximate surface area is 155 Å². The average molecular weight is 355 g/mol. The van der Waals surface area contributed by atoms with Gasteiger partial charge in [0.1, 0.15) is 0 Å². The molecule has 25 heavy (non-hydrogen) atoms. The van der Waals surface area contributed by atoms with E-state index in [0.717, 1.165) is 31.1 Å². The minimum Gasteiger partial charge on any atom is -0.368 e. The fourth-order valence-electron chi connectivity index (χ4n) is 3.14. The summed E-state index contributed by atoms with van der Waals surface area (Å²) >= 11 is 1.65. The molecule has 1 amide bonds. The maximum atomic E-state index is 12.8. The highest BCUT2D eigenvalue weighted by atomic mass is 32.2. The first-order valence-electron chi connectivity index (χ1n) is 8.86. The van der Waals surface area contributed by atoms with Gasteiger partial charge in [0.25, 0.3) is 0 Å². The lowest BCUT2D eigenvalue weighted by Gasteiger charge is -2.37.